The van der Waals surface area contributed by atoms with Gasteiger partial charge in [0.1, 0.15) is 5.75 Å². The highest BCUT2D eigenvalue weighted by Gasteiger charge is 1.98. The van der Waals surface area contributed by atoms with Crippen LogP contribution in [0.3, 0.4) is 0 Å². The number of hydrogen-bond acceptors (Lipinski definition) is 4. The topological polar surface area (TPSA) is 47.3 Å². The third-order valence-electron chi connectivity index (χ3n) is 1.35. The van der Waals surface area contributed by atoms with Gasteiger partial charge in [-0.15, -0.1) is 12.6 Å². The van der Waals surface area contributed by atoms with E-state index in [0.29, 0.717) is 5.75 Å². The number of thiol groups is 1. The minimum absolute atomic E-state index is 0.712. The van der Waals surface area contributed by atoms with Crippen molar-refractivity contribution < 1.29 is 4.74 Å². The predicted molar refractivity (Wildman–Crippen MR) is 48.1 cm³/mol. The minimum Gasteiger partial charge on any atom is -0.496 e. The number of nitrogens with two attached hydrogens (primary N) is 1. The van der Waals surface area contributed by atoms with Crippen molar-refractivity contribution in [2.24, 2.45) is 5.84 Å². The molecule has 0 spiro atoms. The van der Waals surface area contributed by atoms with Gasteiger partial charge in [0.25, 0.3) is 0 Å². The molecule has 3 nitrogen and oxygen atoms in total. The van der Waals surface area contributed by atoms with Crippen molar-refractivity contribution in [3.8, 4) is 5.75 Å². The number of methoxy groups -OCH3 is 1. The fraction of sp³-hybridized carbons (Fsp3) is 0.143. The average molecular weight is 170 g/mol. The Hall–Kier alpha value is -0.870. The summed E-state index contributed by atoms with van der Waals surface area (Å²) in [5, 5.41) is 0. The monoisotopic (exact) mass is 170 g/mol. The highest BCUT2D eigenvalue weighted by molar-refractivity contribution is 7.80. The fourth-order valence-electron chi connectivity index (χ4n) is 0.767. The van der Waals surface area contributed by atoms with Gasteiger partial charge in [0, 0.05) is 11.0 Å². The molecule has 60 valence electrons. The molecule has 0 aromatic heterocycles. The first kappa shape index (κ1) is 8.23. The third kappa shape index (κ3) is 1.78. The van der Waals surface area contributed by atoms with Crippen LogP contribution in [-0.2, 0) is 0 Å². The van der Waals surface area contributed by atoms with Crippen molar-refractivity contribution in [1.82, 2.24) is 0 Å². The summed E-state index contributed by atoms with van der Waals surface area (Å²) in [6.07, 6.45) is 0. The standard InChI is InChI=1S/C7H10N2OS/c1-10-6-4-5(9-8)2-3-7(6)11/h2-4,9,11H,8H2,1H3. The molecule has 0 aliphatic heterocycles. The number of rotatable bonds is 2. The zero-order chi connectivity index (χ0) is 8.27. The van der Waals surface area contributed by atoms with E-state index >= 15 is 0 Å². The van der Waals surface area contributed by atoms with E-state index in [2.05, 4.69) is 18.1 Å². The molecule has 0 atom stereocenters. The lowest BCUT2D eigenvalue weighted by atomic mass is 10.3. The molecule has 11 heavy (non-hydrogen) atoms. The molecule has 0 bridgehead atoms. The number of ether oxygens (including phenoxy) is 1. The molecule has 3 N–H and O–H groups in total. The summed E-state index contributed by atoms with van der Waals surface area (Å²) in [6, 6.07) is 5.42. The second kappa shape index (κ2) is 3.50. The number of nitrogen functional groups attached to an aromatic ring is 1. The van der Waals surface area contributed by atoms with Crippen LogP contribution in [0, 0.1) is 0 Å². The maximum Gasteiger partial charge on any atom is 0.134 e. The van der Waals surface area contributed by atoms with Crippen LogP contribution in [0.4, 0.5) is 5.69 Å². The number of benzene rings is 1. The van der Waals surface area contributed by atoms with Crippen LogP contribution in [0.25, 0.3) is 0 Å². The molecule has 4 heteroatoms. The lowest BCUT2D eigenvalue weighted by Crippen LogP contribution is -2.06. The van der Waals surface area contributed by atoms with Crippen molar-refractivity contribution >= 4 is 18.3 Å². The predicted octanol–water partition coefficient (Wildman–Crippen LogP) is 1.27. The first-order valence-corrected chi connectivity index (χ1v) is 3.56. The molecule has 0 radical (unpaired) electrons. The molecule has 0 aliphatic carbocycles. The third-order valence-corrected chi connectivity index (χ3v) is 1.72. The second-order valence-corrected chi connectivity index (χ2v) is 2.51. The zero-order valence-corrected chi connectivity index (χ0v) is 7.06. The Kier molecular flexibility index (Phi) is 2.62. The highest BCUT2D eigenvalue weighted by Crippen LogP contribution is 2.25. The van der Waals surface area contributed by atoms with Gasteiger partial charge in [-0.2, -0.15) is 0 Å². The maximum absolute atomic E-state index is 5.19. The molecule has 0 saturated heterocycles. The summed E-state index contributed by atoms with van der Waals surface area (Å²) in [7, 11) is 1.59. The molecule has 1 aromatic rings. The molecule has 1 rings (SSSR count). The Morgan fingerprint density at radius 1 is 1.55 bits per heavy atom. The minimum atomic E-state index is 0.712. The molecular weight excluding hydrogens is 160 g/mol. The lowest BCUT2D eigenvalue weighted by Gasteiger charge is -2.05. The van der Waals surface area contributed by atoms with Crippen molar-refractivity contribution in [1.29, 1.82) is 0 Å². The Labute approximate surface area is 70.9 Å². The number of nitrogens with one attached hydrogen (secondary N) is 1. The average Bonchev–Trinajstić information content (AvgIpc) is 2.05. The quantitative estimate of drug-likeness (QED) is 0.356. The van der Waals surface area contributed by atoms with Gasteiger partial charge in [0.2, 0.25) is 0 Å². The van der Waals surface area contributed by atoms with Crippen LogP contribution in [0.2, 0.25) is 0 Å². The van der Waals surface area contributed by atoms with Crippen LogP contribution in [-0.4, -0.2) is 7.11 Å². The summed E-state index contributed by atoms with van der Waals surface area (Å²) >= 11 is 4.17. The molecule has 0 saturated carbocycles. The van der Waals surface area contributed by atoms with Crippen molar-refractivity contribution in [3.05, 3.63) is 18.2 Å². The van der Waals surface area contributed by atoms with Crippen LogP contribution in [0.1, 0.15) is 0 Å². The normalized spacial score (nSPS) is 9.36. The van der Waals surface area contributed by atoms with Crippen molar-refractivity contribution in [3.63, 3.8) is 0 Å². The molecule has 1 aromatic carbocycles. The maximum atomic E-state index is 5.19. The van der Waals surface area contributed by atoms with Crippen LogP contribution >= 0.6 is 12.6 Å². The Morgan fingerprint density at radius 2 is 2.27 bits per heavy atom. The van der Waals surface area contributed by atoms with Gasteiger partial charge in [0.15, 0.2) is 0 Å². The van der Waals surface area contributed by atoms with Gasteiger partial charge < -0.3 is 10.2 Å². The Morgan fingerprint density at radius 3 is 2.82 bits per heavy atom. The van der Waals surface area contributed by atoms with E-state index in [1.807, 2.05) is 12.1 Å². The Bertz CT molecular complexity index is 252. The molecule has 0 unspecified atom stereocenters. The smallest absolute Gasteiger partial charge is 0.134 e. The van der Waals surface area contributed by atoms with Gasteiger partial charge >= 0.3 is 0 Å². The molecule has 0 aliphatic rings. The first-order chi connectivity index (χ1) is 5.27. The van der Waals surface area contributed by atoms with Crippen LogP contribution in [0.15, 0.2) is 23.1 Å². The van der Waals surface area contributed by atoms with E-state index in [9.17, 15) is 0 Å². The SMILES string of the molecule is COc1cc(NN)ccc1S. The van der Waals surface area contributed by atoms with E-state index in [1.165, 1.54) is 0 Å². The van der Waals surface area contributed by atoms with E-state index in [-0.39, 0.29) is 0 Å². The summed E-state index contributed by atoms with van der Waals surface area (Å²) in [5.41, 5.74) is 3.32. The van der Waals surface area contributed by atoms with E-state index in [4.69, 9.17) is 10.6 Å². The first-order valence-electron chi connectivity index (χ1n) is 3.11. The van der Waals surface area contributed by atoms with Gasteiger partial charge in [-0.25, -0.2) is 0 Å². The van der Waals surface area contributed by atoms with Gasteiger partial charge in [0.05, 0.1) is 12.8 Å². The Balaban J connectivity index is 3.02. The van der Waals surface area contributed by atoms with Crippen LogP contribution < -0.4 is 16.0 Å². The summed E-state index contributed by atoms with van der Waals surface area (Å²) < 4.78 is 5.02. The number of hydrazine groups is 1. The van der Waals surface area contributed by atoms with E-state index < -0.39 is 0 Å². The molecule has 0 amide bonds. The zero-order valence-electron chi connectivity index (χ0n) is 6.16. The molecular formula is C7H10N2OS. The molecule has 0 fully saturated rings. The molecule has 0 heterocycles. The number of hydrogen-bond donors (Lipinski definition) is 3. The lowest BCUT2D eigenvalue weighted by molar-refractivity contribution is 0.405. The van der Waals surface area contributed by atoms with Gasteiger partial charge in [-0.05, 0) is 12.1 Å². The van der Waals surface area contributed by atoms with Gasteiger partial charge in [-0.1, -0.05) is 0 Å². The highest BCUT2D eigenvalue weighted by atomic mass is 32.1. The van der Waals surface area contributed by atoms with Crippen molar-refractivity contribution in [2.45, 2.75) is 4.90 Å². The van der Waals surface area contributed by atoms with E-state index in [0.717, 1.165) is 10.6 Å². The van der Waals surface area contributed by atoms with Gasteiger partial charge in [-0.3, -0.25) is 5.84 Å². The summed E-state index contributed by atoms with van der Waals surface area (Å²) in [4.78, 5) is 0.798. The van der Waals surface area contributed by atoms with Crippen molar-refractivity contribution in [2.75, 3.05) is 12.5 Å². The van der Waals surface area contributed by atoms with E-state index in [1.54, 1.807) is 13.2 Å². The number of anilines is 1. The summed E-state index contributed by atoms with van der Waals surface area (Å²) in [5.74, 6) is 5.90. The second-order valence-electron chi connectivity index (χ2n) is 2.03. The van der Waals surface area contributed by atoms with Crippen LogP contribution in [0.5, 0.6) is 5.75 Å². The fourth-order valence-corrected chi connectivity index (χ4v) is 0.998. The summed E-state index contributed by atoms with van der Waals surface area (Å²) in [6.45, 7) is 0. The largest absolute Gasteiger partial charge is 0.496 e.